The van der Waals surface area contributed by atoms with Gasteiger partial charge < -0.3 is 10.8 Å². The maximum atomic E-state index is 12.2. The van der Waals surface area contributed by atoms with Crippen LogP contribution in [0.1, 0.15) is 27.0 Å². The van der Waals surface area contributed by atoms with Crippen molar-refractivity contribution in [3.05, 3.63) is 55.8 Å². The number of benzene rings is 1. The van der Waals surface area contributed by atoms with Crippen LogP contribution in [0.15, 0.2) is 23.0 Å². The first-order valence-electron chi connectivity index (χ1n) is 6.26. The number of aryl methyl sites for hydroxylation is 3. The Morgan fingerprint density at radius 2 is 1.76 bits per heavy atom. The van der Waals surface area contributed by atoms with Crippen LogP contribution in [0.25, 0.3) is 5.69 Å². The standard InChI is InChI=1S/C15H15ClN2O3/c1-7-5-11(8(2)4-10(7)16)18-12(19)6-9(3)13(14(17)20)15(18)21/h4-6,21H,1-3H3,(H2,17,20). The molecule has 5 nitrogen and oxygen atoms in total. The van der Waals surface area contributed by atoms with Gasteiger partial charge in [0.1, 0.15) is 5.56 Å². The summed E-state index contributed by atoms with van der Waals surface area (Å²) in [4.78, 5) is 23.7. The molecular formula is C15H15ClN2O3. The molecule has 0 aliphatic carbocycles. The lowest BCUT2D eigenvalue weighted by atomic mass is 10.1. The van der Waals surface area contributed by atoms with Crippen LogP contribution in [0, 0.1) is 20.8 Å². The molecule has 0 atom stereocenters. The van der Waals surface area contributed by atoms with Crippen molar-refractivity contribution in [1.29, 1.82) is 0 Å². The summed E-state index contributed by atoms with van der Waals surface area (Å²) in [6.07, 6.45) is 0. The quantitative estimate of drug-likeness (QED) is 0.892. The Kier molecular flexibility index (Phi) is 3.78. The molecule has 0 aliphatic rings. The third-order valence-electron chi connectivity index (χ3n) is 3.35. The summed E-state index contributed by atoms with van der Waals surface area (Å²) in [6, 6.07) is 4.64. The maximum Gasteiger partial charge on any atom is 0.258 e. The number of nitrogens with zero attached hydrogens (tertiary/aromatic N) is 1. The first-order valence-corrected chi connectivity index (χ1v) is 6.64. The minimum Gasteiger partial charge on any atom is -0.494 e. The Morgan fingerprint density at radius 3 is 2.33 bits per heavy atom. The topological polar surface area (TPSA) is 85.3 Å². The lowest BCUT2D eigenvalue weighted by Crippen LogP contribution is -2.24. The van der Waals surface area contributed by atoms with Gasteiger partial charge in [-0.25, -0.2) is 4.57 Å². The highest BCUT2D eigenvalue weighted by atomic mass is 35.5. The Hall–Kier alpha value is -2.27. The van der Waals surface area contributed by atoms with Gasteiger partial charge in [-0.2, -0.15) is 0 Å². The largest absolute Gasteiger partial charge is 0.494 e. The van der Waals surface area contributed by atoms with Crippen LogP contribution >= 0.6 is 11.6 Å². The predicted molar refractivity (Wildman–Crippen MR) is 81.4 cm³/mol. The SMILES string of the molecule is Cc1cc(-n2c(O)c(C(N)=O)c(C)cc2=O)c(C)cc1Cl. The van der Waals surface area contributed by atoms with Crippen molar-refractivity contribution >= 4 is 17.5 Å². The molecule has 0 aliphatic heterocycles. The van der Waals surface area contributed by atoms with E-state index in [1.807, 2.05) is 0 Å². The van der Waals surface area contributed by atoms with E-state index in [4.69, 9.17) is 17.3 Å². The Labute approximate surface area is 126 Å². The van der Waals surface area contributed by atoms with E-state index in [9.17, 15) is 14.7 Å². The van der Waals surface area contributed by atoms with Crippen molar-refractivity contribution in [2.75, 3.05) is 0 Å². The molecule has 0 unspecified atom stereocenters. The zero-order valence-corrected chi connectivity index (χ0v) is 12.7. The lowest BCUT2D eigenvalue weighted by molar-refractivity contribution is 0.0996. The fourth-order valence-corrected chi connectivity index (χ4v) is 2.48. The van der Waals surface area contributed by atoms with Crippen LogP contribution in [0.2, 0.25) is 5.02 Å². The summed E-state index contributed by atoms with van der Waals surface area (Å²) in [5.41, 5.74) is 7.01. The second-order valence-corrected chi connectivity index (χ2v) is 5.36. The molecule has 0 saturated carbocycles. The van der Waals surface area contributed by atoms with Crippen molar-refractivity contribution in [2.45, 2.75) is 20.8 Å². The summed E-state index contributed by atoms with van der Waals surface area (Å²) < 4.78 is 1.06. The average molecular weight is 307 g/mol. The van der Waals surface area contributed by atoms with E-state index in [-0.39, 0.29) is 5.56 Å². The summed E-state index contributed by atoms with van der Waals surface area (Å²) in [5, 5.41) is 10.8. The Morgan fingerprint density at radius 1 is 1.14 bits per heavy atom. The second-order valence-electron chi connectivity index (χ2n) is 4.95. The normalized spacial score (nSPS) is 10.7. The van der Waals surface area contributed by atoms with Gasteiger partial charge in [0.25, 0.3) is 11.5 Å². The number of primary amides is 1. The number of nitrogens with two attached hydrogens (primary N) is 1. The minimum atomic E-state index is -0.790. The number of aromatic nitrogens is 1. The van der Waals surface area contributed by atoms with Crippen LogP contribution in [0.4, 0.5) is 0 Å². The molecule has 2 rings (SSSR count). The van der Waals surface area contributed by atoms with Crippen LogP contribution in [0.3, 0.4) is 0 Å². The smallest absolute Gasteiger partial charge is 0.258 e. The number of pyridine rings is 1. The molecule has 1 aromatic heterocycles. The molecular weight excluding hydrogens is 292 g/mol. The summed E-state index contributed by atoms with van der Waals surface area (Å²) in [5.74, 6) is -1.25. The fraction of sp³-hybridized carbons (Fsp3) is 0.200. The molecule has 110 valence electrons. The van der Waals surface area contributed by atoms with Crippen LogP contribution in [0.5, 0.6) is 5.88 Å². The monoisotopic (exact) mass is 306 g/mol. The summed E-state index contributed by atoms with van der Waals surface area (Å²) >= 11 is 6.04. The van der Waals surface area contributed by atoms with E-state index in [2.05, 4.69) is 0 Å². The van der Waals surface area contributed by atoms with Crippen molar-refractivity contribution < 1.29 is 9.90 Å². The Balaban J connectivity index is 2.88. The molecule has 1 aromatic carbocycles. The molecule has 3 N–H and O–H groups in total. The first kappa shape index (κ1) is 15.1. The van der Waals surface area contributed by atoms with Crippen molar-refractivity contribution in [3.8, 4) is 11.6 Å². The average Bonchev–Trinajstić information content (AvgIpc) is 2.34. The number of halogens is 1. The van der Waals surface area contributed by atoms with Gasteiger partial charge in [0.2, 0.25) is 5.88 Å². The number of carbonyl (C=O) groups is 1. The van der Waals surface area contributed by atoms with Gasteiger partial charge >= 0.3 is 0 Å². The van der Waals surface area contributed by atoms with Gasteiger partial charge in [-0.05, 0) is 49.6 Å². The highest BCUT2D eigenvalue weighted by Gasteiger charge is 2.19. The van der Waals surface area contributed by atoms with Gasteiger partial charge in [-0.15, -0.1) is 0 Å². The highest BCUT2D eigenvalue weighted by molar-refractivity contribution is 6.31. The van der Waals surface area contributed by atoms with Crippen molar-refractivity contribution in [1.82, 2.24) is 4.57 Å². The number of hydrogen-bond donors (Lipinski definition) is 2. The molecule has 1 heterocycles. The van der Waals surface area contributed by atoms with Gasteiger partial charge in [0.15, 0.2) is 0 Å². The molecule has 0 spiro atoms. The van der Waals surface area contributed by atoms with Crippen LogP contribution < -0.4 is 11.3 Å². The lowest BCUT2D eigenvalue weighted by Gasteiger charge is -2.16. The molecule has 0 radical (unpaired) electrons. The zero-order valence-electron chi connectivity index (χ0n) is 11.9. The third kappa shape index (κ3) is 2.52. The number of carbonyl (C=O) groups excluding carboxylic acids is 1. The molecule has 0 saturated heterocycles. The zero-order chi connectivity index (χ0) is 15.9. The van der Waals surface area contributed by atoms with E-state index in [0.29, 0.717) is 21.8 Å². The number of hydrogen-bond acceptors (Lipinski definition) is 3. The molecule has 6 heteroatoms. The van der Waals surface area contributed by atoms with Gasteiger partial charge in [-0.1, -0.05) is 11.6 Å². The second kappa shape index (κ2) is 5.26. The number of amides is 1. The van der Waals surface area contributed by atoms with E-state index in [1.54, 1.807) is 32.9 Å². The van der Waals surface area contributed by atoms with Gasteiger partial charge in [0, 0.05) is 11.1 Å². The van der Waals surface area contributed by atoms with Gasteiger partial charge in [0.05, 0.1) is 5.69 Å². The van der Waals surface area contributed by atoms with Crippen molar-refractivity contribution in [2.24, 2.45) is 5.73 Å². The molecule has 0 bridgehead atoms. The number of rotatable bonds is 2. The molecule has 2 aromatic rings. The third-order valence-corrected chi connectivity index (χ3v) is 3.76. The molecule has 1 amide bonds. The van der Waals surface area contributed by atoms with E-state index in [1.165, 1.54) is 6.07 Å². The summed E-state index contributed by atoms with van der Waals surface area (Å²) in [7, 11) is 0. The Bertz CT molecular complexity index is 810. The summed E-state index contributed by atoms with van der Waals surface area (Å²) in [6.45, 7) is 5.10. The minimum absolute atomic E-state index is 0.0680. The number of aromatic hydroxyl groups is 1. The van der Waals surface area contributed by atoms with Crippen LogP contribution in [-0.2, 0) is 0 Å². The van der Waals surface area contributed by atoms with E-state index in [0.717, 1.165) is 10.1 Å². The predicted octanol–water partition coefficient (Wildman–Crippen LogP) is 2.22. The molecule has 21 heavy (non-hydrogen) atoms. The van der Waals surface area contributed by atoms with Crippen LogP contribution in [-0.4, -0.2) is 15.6 Å². The molecule has 0 fully saturated rings. The van der Waals surface area contributed by atoms with Crippen molar-refractivity contribution in [3.63, 3.8) is 0 Å². The highest BCUT2D eigenvalue weighted by Crippen LogP contribution is 2.27. The maximum absolute atomic E-state index is 12.2. The van der Waals surface area contributed by atoms with Gasteiger partial charge in [-0.3, -0.25) is 9.59 Å². The van der Waals surface area contributed by atoms with E-state index >= 15 is 0 Å². The first-order chi connectivity index (χ1) is 9.73. The van der Waals surface area contributed by atoms with E-state index < -0.39 is 17.3 Å². The fourth-order valence-electron chi connectivity index (χ4n) is 2.26.